The minimum Gasteiger partial charge on any atom is -0.311 e. The third-order valence-electron chi connectivity index (χ3n) is 11.1. The van der Waals surface area contributed by atoms with Crippen molar-refractivity contribution in [2.45, 2.75) is 0 Å². The quantitative estimate of drug-likeness (QED) is 0.151. The van der Waals surface area contributed by atoms with Gasteiger partial charge in [-0.3, -0.25) is 0 Å². The first-order valence-electron chi connectivity index (χ1n) is 19.6. The standard InChI is InChI=1S/C56H39N/c1-4-12-40(13-5-1)43-26-32-50(33-27-43)57(51-34-28-46(29-35-51)53-20-10-18-44-22-24-48(38-55(44)53)41-14-6-2-7-15-41)52-36-30-47(31-37-52)54-21-11-19-45-23-25-49(39-56(45)54)42-16-8-3-9-17-42/h1-39H. The molecule has 10 rings (SSSR count). The fourth-order valence-corrected chi connectivity index (χ4v) is 8.13. The lowest BCUT2D eigenvalue weighted by molar-refractivity contribution is 1.28. The van der Waals surface area contributed by atoms with Crippen LogP contribution in [0.2, 0.25) is 0 Å². The zero-order valence-corrected chi connectivity index (χ0v) is 31.5. The van der Waals surface area contributed by atoms with Gasteiger partial charge >= 0.3 is 0 Å². The van der Waals surface area contributed by atoms with Crippen LogP contribution in [0, 0.1) is 0 Å². The van der Waals surface area contributed by atoms with Crippen molar-refractivity contribution in [2.24, 2.45) is 0 Å². The molecule has 0 saturated heterocycles. The fourth-order valence-electron chi connectivity index (χ4n) is 8.13. The summed E-state index contributed by atoms with van der Waals surface area (Å²) in [5, 5.41) is 4.97. The van der Waals surface area contributed by atoms with Crippen molar-refractivity contribution in [3.8, 4) is 55.6 Å². The van der Waals surface area contributed by atoms with Crippen molar-refractivity contribution < 1.29 is 0 Å². The van der Waals surface area contributed by atoms with E-state index in [1.165, 1.54) is 77.2 Å². The Hall–Kier alpha value is -7.48. The van der Waals surface area contributed by atoms with Gasteiger partial charge in [-0.15, -0.1) is 0 Å². The molecule has 0 radical (unpaired) electrons. The average molecular weight is 726 g/mol. The van der Waals surface area contributed by atoms with Gasteiger partial charge < -0.3 is 4.90 Å². The van der Waals surface area contributed by atoms with Gasteiger partial charge in [0.25, 0.3) is 0 Å². The van der Waals surface area contributed by atoms with E-state index in [9.17, 15) is 0 Å². The van der Waals surface area contributed by atoms with E-state index in [0.29, 0.717) is 0 Å². The lowest BCUT2D eigenvalue weighted by Crippen LogP contribution is -2.09. The summed E-state index contributed by atoms with van der Waals surface area (Å²) in [5.74, 6) is 0. The summed E-state index contributed by atoms with van der Waals surface area (Å²) in [6.07, 6.45) is 0. The summed E-state index contributed by atoms with van der Waals surface area (Å²) < 4.78 is 0. The number of benzene rings is 10. The molecule has 57 heavy (non-hydrogen) atoms. The molecule has 0 spiro atoms. The van der Waals surface area contributed by atoms with E-state index in [-0.39, 0.29) is 0 Å². The Morgan fingerprint density at radius 3 is 0.912 bits per heavy atom. The van der Waals surface area contributed by atoms with Crippen LogP contribution < -0.4 is 4.90 Å². The lowest BCUT2D eigenvalue weighted by Gasteiger charge is -2.26. The Morgan fingerprint density at radius 1 is 0.211 bits per heavy atom. The number of nitrogens with zero attached hydrogens (tertiary/aromatic N) is 1. The van der Waals surface area contributed by atoms with Crippen molar-refractivity contribution in [2.75, 3.05) is 4.90 Å². The molecule has 0 aliphatic heterocycles. The maximum Gasteiger partial charge on any atom is 0.0462 e. The molecule has 0 amide bonds. The van der Waals surface area contributed by atoms with E-state index in [1.807, 2.05) is 0 Å². The molecule has 0 fully saturated rings. The monoisotopic (exact) mass is 725 g/mol. The topological polar surface area (TPSA) is 3.24 Å². The summed E-state index contributed by atoms with van der Waals surface area (Å²) in [5.41, 5.74) is 15.4. The normalized spacial score (nSPS) is 11.2. The Bertz CT molecular complexity index is 2780. The van der Waals surface area contributed by atoms with Crippen molar-refractivity contribution >= 4 is 38.6 Å². The molecular formula is C56H39N. The van der Waals surface area contributed by atoms with Crippen molar-refractivity contribution in [1.29, 1.82) is 0 Å². The summed E-state index contributed by atoms with van der Waals surface area (Å²) >= 11 is 0. The molecular weight excluding hydrogens is 687 g/mol. The van der Waals surface area contributed by atoms with E-state index in [2.05, 4.69) is 241 Å². The van der Waals surface area contributed by atoms with Crippen LogP contribution in [0.1, 0.15) is 0 Å². The zero-order chi connectivity index (χ0) is 38.0. The van der Waals surface area contributed by atoms with Crippen LogP contribution in [0.4, 0.5) is 17.1 Å². The second-order valence-electron chi connectivity index (χ2n) is 14.6. The number of fused-ring (bicyclic) bond motifs is 2. The molecule has 0 saturated carbocycles. The molecule has 268 valence electrons. The first-order valence-corrected chi connectivity index (χ1v) is 19.6. The third kappa shape index (κ3) is 6.77. The summed E-state index contributed by atoms with van der Waals surface area (Å²) in [6.45, 7) is 0. The number of rotatable bonds is 8. The molecule has 1 heteroatoms. The Balaban J connectivity index is 1.03. The number of hydrogen-bond donors (Lipinski definition) is 0. The molecule has 0 aliphatic carbocycles. The largest absolute Gasteiger partial charge is 0.311 e. The number of hydrogen-bond acceptors (Lipinski definition) is 1. The van der Waals surface area contributed by atoms with Gasteiger partial charge in [0, 0.05) is 17.1 Å². The van der Waals surface area contributed by atoms with Gasteiger partial charge in [-0.25, -0.2) is 0 Å². The molecule has 0 unspecified atom stereocenters. The maximum atomic E-state index is 2.36. The van der Waals surface area contributed by atoms with E-state index < -0.39 is 0 Å². The Labute approximate surface area is 334 Å². The van der Waals surface area contributed by atoms with Gasteiger partial charge in [-0.1, -0.05) is 188 Å². The highest BCUT2D eigenvalue weighted by atomic mass is 15.1. The molecule has 0 atom stereocenters. The van der Waals surface area contributed by atoms with Crippen molar-refractivity contribution in [3.05, 3.63) is 237 Å². The highest BCUT2D eigenvalue weighted by Gasteiger charge is 2.15. The van der Waals surface area contributed by atoms with Gasteiger partial charge in [0.05, 0.1) is 0 Å². The molecule has 1 nitrogen and oxygen atoms in total. The molecule has 0 aromatic heterocycles. The summed E-state index contributed by atoms with van der Waals surface area (Å²) in [4.78, 5) is 2.36. The van der Waals surface area contributed by atoms with Crippen LogP contribution in [0.5, 0.6) is 0 Å². The van der Waals surface area contributed by atoms with Gasteiger partial charge in [0.2, 0.25) is 0 Å². The smallest absolute Gasteiger partial charge is 0.0462 e. The minimum atomic E-state index is 1.10. The van der Waals surface area contributed by atoms with E-state index >= 15 is 0 Å². The zero-order valence-electron chi connectivity index (χ0n) is 31.5. The molecule has 0 bridgehead atoms. The molecule has 0 N–H and O–H groups in total. The minimum absolute atomic E-state index is 1.10. The maximum absolute atomic E-state index is 2.36. The van der Waals surface area contributed by atoms with Crippen molar-refractivity contribution in [1.82, 2.24) is 0 Å². The van der Waals surface area contributed by atoms with Crippen LogP contribution >= 0.6 is 0 Å². The van der Waals surface area contributed by atoms with E-state index in [1.54, 1.807) is 0 Å². The van der Waals surface area contributed by atoms with Crippen LogP contribution in [0.25, 0.3) is 77.2 Å². The van der Waals surface area contributed by atoms with Gasteiger partial charge in [0.15, 0.2) is 0 Å². The van der Waals surface area contributed by atoms with Crippen LogP contribution in [0.3, 0.4) is 0 Å². The Kier molecular flexibility index (Phi) is 8.95. The first kappa shape index (κ1) is 34.0. The van der Waals surface area contributed by atoms with E-state index in [4.69, 9.17) is 0 Å². The van der Waals surface area contributed by atoms with Crippen LogP contribution in [-0.4, -0.2) is 0 Å². The second-order valence-corrected chi connectivity index (χ2v) is 14.6. The van der Waals surface area contributed by atoms with E-state index in [0.717, 1.165) is 17.1 Å². The van der Waals surface area contributed by atoms with Crippen molar-refractivity contribution in [3.63, 3.8) is 0 Å². The highest BCUT2D eigenvalue weighted by Crippen LogP contribution is 2.40. The van der Waals surface area contributed by atoms with Crippen LogP contribution in [0.15, 0.2) is 237 Å². The van der Waals surface area contributed by atoms with Gasteiger partial charge in [-0.2, -0.15) is 0 Å². The predicted molar refractivity (Wildman–Crippen MR) is 243 cm³/mol. The SMILES string of the molecule is c1ccc(-c2ccc(N(c3ccc(-c4cccc5ccc(-c6ccccc6)cc45)cc3)c3ccc(-c4cccc5ccc(-c6ccccc6)cc45)cc3)cc2)cc1. The third-order valence-corrected chi connectivity index (χ3v) is 11.1. The lowest BCUT2D eigenvalue weighted by atomic mass is 9.94. The second kappa shape index (κ2) is 15.0. The molecule has 10 aromatic carbocycles. The summed E-state index contributed by atoms with van der Waals surface area (Å²) in [6, 6.07) is 85.6. The van der Waals surface area contributed by atoms with Gasteiger partial charge in [-0.05, 0) is 126 Å². The first-order chi connectivity index (χ1) is 28.2. The van der Waals surface area contributed by atoms with Crippen LogP contribution in [-0.2, 0) is 0 Å². The number of anilines is 3. The fraction of sp³-hybridized carbons (Fsp3) is 0. The summed E-state index contributed by atoms with van der Waals surface area (Å²) in [7, 11) is 0. The predicted octanol–water partition coefficient (Wildman–Crippen LogP) is 15.8. The Morgan fingerprint density at radius 2 is 0.526 bits per heavy atom. The molecule has 0 heterocycles. The highest BCUT2D eigenvalue weighted by molar-refractivity contribution is 6.00. The van der Waals surface area contributed by atoms with Gasteiger partial charge in [0.1, 0.15) is 0 Å². The molecule has 10 aromatic rings. The average Bonchev–Trinajstić information content (AvgIpc) is 3.30. The molecule has 0 aliphatic rings.